The highest BCUT2D eigenvalue weighted by Gasteiger charge is 2.26. The maximum Gasteiger partial charge on any atom is 0.272 e. The van der Waals surface area contributed by atoms with Gasteiger partial charge in [0, 0.05) is 74.3 Å². The molecule has 0 radical (unpaired) electrons. The molecule has 242 valence electrons. The second-order valence-electron chi connectivity index (χ2n) is 12.0. The van der Waals surface area contributed by atoms with Crippen LogP contribution in [0.4, 0.5) is 17.6 Å². The first kappa shape index (κ1) is 30.9. The monoisotopic (exact) mass is 640 g/mol. The van der Waals surface area contributed by atoms with Crippen molar-refractivity contribution in [1.29, 1.82) is 0 Å². The van der Waals surface area contributed by atoms with Gasteiger partial charge in [0.2, 0.25) is 11.9 Å². The summed E-state index contributed by atoms with van der Waals surface area (Å²) in [4.78, 5) is 57.3. The number of benzene rings is 2. The second-order valence-corrected chi connectivity index (χ2v) is 12.0. The lowest BCUT2D eigenvalue weighted by atomic mass is 9.94. The number of aryl methyl sites for hydroxylation is 1. The first-order valence-corrected chi connectivity index (χ1v) is 16.2. The first-order valence-electron chi connectivity index (χ1n) is 16.2. The Kier molecular flexibility index (Phi) is 8.94. The zero-order chi connectivity index (χ0) is 32.9. The highest BCUT2D eigenvalue weighted by atomic mass is 16.2. The van der Waals surface area contributed by atoms with E-state index in [0.29, 0.717) is 49.1 Å². The third-order valence-corrected chi connectivity index (χ3v) is 8.66. The number of hydrogen-bond donors (Lipinski definition) is 2. The molecule has 1 saturated heterocycles. The maximum atomic E-state index is 13.5. The summed E-state index contributed by atoms with van der Waals surface area (Å²) in [6.45, 7) is 4.96. The van der Waals surface area contributed by atoms with E-state index < -0.39 is 0 Å². The van der Waals surface area contributed by atoms with Crippen molar-refractivity contribution in [2.45, 2.75) is 45.7 Å². The van der Waals surface area contributed by atoms with E-state index in [-0.39, 0.29) is 11.8 Å². The molecule has 2 amide bonds. The minimum Gasteiger partial charge on any atom is -0.348 e. The van der Waals surface area contributed by atoms with E-state index in [0.717, 1.165) is 52.7 Å². The Morgan fingerprint density at radius 1 is 0.854 bits per heavy atom. The van der Waals surface area contributed by atoms with Crippen LogP contribution in [-0.4, -0.2) is 66.3 Å². The normalized spacial score (nSPS) is 14.3. The van der Waals surface area contributed by atoms with Crippen molar-refractivity contribution in [2.75, 3.05) is 29.9 Å². The maximum absolute atomic E-state index is 13.5. The van der Waals surface area contributed by atoms with Crippen molar-refractivity contribution in [3.8, 4) is 11.3 Å². The zero-order valence-electron chi connectivity index (χ0n) is 26.8. The van der Waals surface area contributed by atoms with Crippen LogP contribution in [0.1, 0.15) is 62.6 Å². The van der Waals surface area contributed by atoms with Crippen molar-refractivity contribution in [2.24, 2.45) is 0 Å². The van der Waals surface area contributed by atoms with Crippen LogP contribution in [0.15, 0.2) is 79.4 Å². The molecule has 0 bridgehead atoms. The molecule has 2 N–H and O–H groups in total. The third kappa shape index (κ3) is 6.97. The average Bonchev–Trinajstić information content (AvgIpc) is 3.14. The van der Waals surface area contributed by atoms with Crippen LogP contribution in [0.2, 0.25) is 0 Å². The topological polar surface area (TPSA) is 142 Å². The van der Waals surface area contributed by atoms with Crippen LogP contribution in [0.3, 0.4) is 0 Å². The fraction of sp³-hybridized carbons (Fsp3) is 0.278. The number of amides is 2. The summed E-state index contributed by atoms with van der Waals surface area (Å²) in [5, 5.41) is 6.34. The van der Waals surface area contributed by atoms with Gasteiger partial charge >= 0.3 is 0 Å². The molecule has 0 unspecified atom stereocenters. The zero-order valence-corrected chi connectivity index (χ0v) is 26.8. The number of fused-ring (bicyclic) bond motifs is 1. The lowest BCUT2D eigenvalue weighted by Crippen LogP contribution is -2.38. The lowest BCUT2D eigenvalue weighted by Gasteiger charge is -2.30. The highest BCUT2D eigenvalue weighted by Crippen LogP contribution is 2.25. The standard InChI is InChI=1S/C36H36N10O2/c1-24-37-14-12-32(42-24)34(48)46-18-13-26-8-6-10-29(30(26)23-46)33(47)39-20-25-7-5-9-28(19-25)43-35-38-15-11-31(44-35)27-21-40-36(41-22-27)45-16-3-2-4-17-45/h5-12,14-15,19,21-22H,2-4,13,16-18,20,23H2,1H3,(H,39,47)(H,38,43,44). The molecule has 5 aromatic rings. The fourth-order valence-electron chi connectivity index (χ4n) is 6.16. The van der Waals surface area contributed by atoms with Gasteiger partial charge in [-0.15, -0.1) is 0 Å². The summed E-state index contributed by atoms with van der Waals surface area (Å²) in [5.41, 5.74) is 6.10. The molecular formula is C36H36N10O2. The number of rotatable bonds is 8. The fourth-order valence-corrected chi connectivity index (χ4v) is 6.16. The highest BCUT2D eigenvalue weighted by molar-refractivity contribution is 5.97. The van der Waals surface area contributed by atoms with Gasteiger partial charge in [0.1, 0.15) is 11.5 Å². The summed E-state index contributed by atoms with van der Waals surface area (Å²) in [7, 11) is 0. The van der Waals surface area contributed by atoms with Crippen molar-refractivity contribution in [3.05, 3.63) is 113 Å². The third-order valence-electron chi connectivity index (χ3n) is 8.66. The Labute approximate surface area is 278 Å². The molecule has 12 heteroatoms. The Morgan fingerprint density at radius 2 is 1.67 bits per heavy atom. The summed E-state index contributed by atoms with van der Waals surface area (Å²) >= 11 is 0. The number of anilines is 3. The number of piperidine rings is 1. The lowest BCUT2D eigenvalue weighted by molar-refractivity contribution is 0.0725. The largest absolute Gasteiger partial charge is 0.348 e. The van der Waals surface area contributed by atoms with Gasteiger partial charge in [-0.1, -0.05) is 24.3 Å². The van der Waals surface area contributed by atoms with E-state index >= 15 is 0 Å². The van der Waals surface area contributed by atoms with Crippen molar-refractivity contribution in [1.82, 2.24) is 40.1 Å². The van der Waals surface area contributed by atoms with E-state index in [1.807, 2.05) is 60.9 Å². The number of hydrogen-bond acceptors (Lipinski definition) is 10. The predicted molar refractivity (Wildman–Crippen MR) is 182 cm³/mol. The first-order chi connectivity index (χ1) is 23.5. The molecule has 7 rings (SSSR count). The van der Waals surface area contributed by atoms with Crippen LogP contribution < -0.4 is 15.5 Å². The van der Waals surface area contributed by atoms with E-state index in [4.69, 9.17) is 0 Å². The van der Waals surface area contributed by atoms with Crippen LogP contribution in [-0.2, 0) is 19.5 Å². The van der Waals surface area contributed by atoms with Crippen molar-refractivity contribution in [3.63, 3.8) is 0 Å². The molecule has 2 aliphatic heterocycles. The minimum absolute atomic E-state index is 0.167. The Hall–Kier alpha value is -5.78. The van der Waals surface area contributed by atoms with Gasteiger partial charge < -0.3 is 20.4 Å². The molecule has 2 aliphatic rings. The molecule has 5 heterocycles. The number of carbonyl (C=O) groups excluding carboxylic acids is 2. The second kappa shape index (κ2) is 13.9. The molecule has 0 atom stereocenters. The quantitative estimate of drug-likeness (QED) is 0.241. The van der Waals surface area contributed by atoms with Crippen LogP contribution >= 0.6 is 0 Å². The Bertz CT molecular complexity index is 1940. The summed E-state index contributed by atoms with van der Waals surface area (Å²) in [5.74, 6) is 1.39. The van der Waals surface area contributed by atoms with Gasteiger partial charge in [0.15, 0.2) is 0 Å². The van der Waals surface area contributed by atoms with Gasteiger partial charge in [0.25, 0.3) is 11.8 Å². The Morgan fingerprint density at radius 3 is 2.50 bits per heavy atom. The molecule has 1 fully saturated rings. The van der Waals surface area contributed by atoms with Crippen molar-refractivity contribution >= 4 is 29.4 Å². The minimum atomic E-state index is -0.193. The predicted octanol–water partition coefficient (Wildman–Crippen LogP) is 4.89. The Balaban J connectivity index is 0.993. The van der Waals surface area contributed by atoms with Crippen LogP contribution in [0.25, 0.3) is 11.3 Å². The van der Waals surface area contributed by atoms with Gasteiger partial charge in [-0.3, -0.25) is 9.59 Å². The molecule has 2 aromatic carbocycles. The SMILES string of the molecule is Cc1nccc(C(=O)N2CCc3cccc(C(=O)NCc4cccc(Nc5nccc(-c6cnc(N7CCCCC7)nc6)n5)c4)c3C2)n1. The van der Waals surface area contributed by atoms with Gasteiger partial charge in [-0.25, -0.2) is 29.9 Å². The summed E-state index contributed by atoms with van der Waals surface area (Å²) in [6.07, 6.45) is 11.2. The number of carbonyl (C=O) groups is 2. The van der Waals surface area contributed by atoms with Crippen LogP contribution in [0.5, 0.6) is 0 Å². The summed E-state index contributed by atoms with van der Waals surface area (Å²) in [6, 6.07) is 16.9. The molecule has 0 spiro atoms. The smallest absolute Gasteiger partial charge is 0.272 e. The van der Waals surface area contributed by atoms with E-state index in [1.54, 1.807) is 30.3 Å². The van der Waals surface area contributed by atoms with Gasteiger partial charge in [-0.05, 0) is 79.6 Å². The molecule has 12 nitrogen and oxygen atoms in total. The molecule has 3 aromatic heterocycles. The van der Waals surface area contributed by atoms with Gasteiger partial charge in [-0.2, -0.15) is 0 Å². The average molecular weight is 641 g/mol. The number of nitrogens with one attached hydrogen (secondary N) is 2. The molecule has 0 saturated carbocycles. The van der Waals surface area contributed by atoms with E-state index in [9.17, 15) is 9.59 Å². The molecular weight excluding hydrogens is 604 g/mol. The van der Waals surface area contributed by atoms with Crippen molar-refractivity contribution < 1.29 is 9.59 Å². The van der Waals surface area contributed by atoms with E-state index in [2.05, 4.69) is 45.4 Å². The van der Waals surface area contributed by atoms with Crippen LogP contribution in [0, 0.1) is 6.92 Å². The summed E-state index contributed by atoms with van der Waals surface area (Å²) < 4.78 is 0. The van der Waals surface area contributed by atoms with Gasteiger partial charge in [0.05, 0.1) is 5.69 Å². The molecule has 0 aliphatic carbocycles. The molecule has 48 heavy (non-hydrogen) atoms. The number of aromatic nitrogens is 6. The number of nitrogens with zero attached hydrogens (tertiary/aromatic N) is 8. The van der Waals surface area contributed by atoms with E-state index in [1.165, 1.54) is 19.3 Å².